The standard InChI is InChI=1S/C12H13F6NO/c1-19-9(6-7-11(13,14)15)8-4-2-3-5-10(8)20-12(16,17)18/h2-5,9,19H,6-7H2,1H3. The average molecular weight is 301 g/mol. The van der Waals surface area contributed by atoms with Crippen molar-refractivity contribution >= 4 is 0 Å². The van der Waals surface area contributed by atoms with Gasteiger partial charge >= 0.3 is 12.5 Å². The molecule has 2 nitrogen and oxygen atoms in total. The Kier molecular flexibility index (Phi) is 5.27. The van der Waals surface area contributed by atoms with Gasteiger partial charge in [0.2, 0.25) is 0 Å². The summed E-state index contributed by atoms with van der Waals surface area (Å²) in [5, 5.41) is 2.57. The molecule has 1 atom stereocenters. The number of hydrogen-bond donors (Lipinski definition) is 1. The van der Waals surface area contributed by atoms with Gasteiger partial charge in [-0.2, -0.15) is 13.2 Å². The number of nitrogens with one attached hydrogen (secondary N) is 1. The molecule has 1 N–H and O–H groups in total. The minimum absolute atomic E-state index is 0.0385. The van der Waals surface area contributed by atoms with Crippen molar-refractivity contribution in [3.05, 3.63) is 29.8 Å². The second-order valence-electron chi connectivity index (χ2n) is 4.08. The number of hydrogen-bond acceptors (Lipinski definition) is 2. The molecule has 114 valence electrons. The molecule has 0 amide bonds. The molecule has 0 aliphatic rings. The molecular formula is C12H13F6NO. The van der Waals surface area contributed by atoms with Crippen LogP contribution in [0.5, 0.6) is 5.75 Å². The molecule has 1 rings (SSSR count). The number of ether oxygens (including phenoxy) is 1. The quantitative estimate of drug-likeness (QED) is 0.823. The van der Waals surface area contributed by atoms with Crippen LogP contribution in [0.15, 0.2) is 24.3 Å². The average Bonchev–Trinajstić information content (AvgIpc) is 2.28. The van der Waals surface area contributed by atoms with E-state index in [-0.39, 0.29) is 12.0 Å². The topological polar surface area (TPSA) is 21.3 Å². The first-order chi connectivity index (χ1) is 9.12. The lowest BCUT2D eigenvalue weighted by Gasteiger charge is -2.21. The van der Waals surface area contributed by atoms with Gasteiger partial charge in [-0.05, 0) is 19.5 Å². The number of rotatable bonds is 5. The predicted molar refractivity (Wildman–Crippen MR) is 60.2 cm³/mol. The molecular weight excluding hydrogens is 288 g/mol. The predicted octanol–water partition coefficient (Wildman–Crippen LogP) is 4.19. The van der Waals surface area contributed by atoms with Crippen molar-refractivity contribution in [3.8, 4) is 5.75 Å². The van der Waals surface area contributed by atoms with Crippen LogP contribution in [-0.2, 0) is 0 Å². The van der Waals surface area contributed by atoms with Crippen LogP contribution < -0.4 is 10.1 Å². The Hall–Kier alpha value is -1.44. The Balaban J connectivity index is 2.92. The molecule has 0 saturated heterocycles. The molecule has 1 aromatic carbocycles. The van der Waals surface area contributed by atoms with Crippen LogP contribution in [0.1, 0.15) is 24.4 Å². The molecule has 0 aliphatic carbocycles. The fourth-order valence-corrected chi connectivity index (χ4v) is 1.75. The number of halogens is 6. The van der Waals surface area contributed by atoms with Crippen molar-refractivity contribution in [1.82, 2.24) is 5.32 Å². The summed E-state index contributed by atoms with van der Waals surface area (Å²) in [7, 11) is 1.38. The Morgan fingerprint density at radius 2 is 1.70 bits per heavy atom. The molecule has 8 heteroatoms. The molecule has 0 heterocycles. The lowest BCUT2D eigenvalue weighted by atomic mass is 10.0. The highest BCUT2D eigenvalue weighted by Gasteiger charge is 2.34. The first kappa shape index (κ1) is 16.6. The van der Waals surface area contributed by atoms with E-state index < -0.39 is 30.8 Å². The highest BCUT2D eigenvalue weighted by molar-refractivity contribution is 5.36. The van der Waals surface area contributed by atoms with Crippen molar-refractivity contribution in [2.45, 2.75) is 31.4 Å². The third-order valence-corrected chi connectivity index (χ3v) is 2.59. The third kappa shape index (κ3) is 5.68. The minimum Gasteiger partial charge on any atom is -0.405 e. The second-order valence-corrected chi connectivity index (χ2v) is 4.08. The van der Waals surface area contributed by atoms with Crippen LogP contribution >= 0.6 is 0 Å². The Labute approximate surface area is 111 Å². The molecule has 0 bridgehead atoms. The second kappa shape index (κ2) is 6.34. The van der Waals surface area contributed by atoms with Crippen molar-refractivity contribution in [3.63, 3.8) is 0 Å². The fraction of sp³-hybridized carbons (Fsp3) is 0.500. The van der Waals surface area contributed by atoms with Gasteiger partial charge in [0.1, 0.15) is 5.75 Å². The maximum atomic E-state index is 12.2. The monoisotopic (exact) mass is 301 g/mol. The maximum absolute atomic E-state index is 12.2. The Bertz CT molecular complexity index is 429. The van der Waals surface area contributed by atoms with E-state index in [1.54, 1.807) is 0 Å². The first-order valence-corrected chi connectivity index (χ1v) is 5.71. The van der Waals surface area contributed by atoms with Gasteiger partial charge in [-0.1, -0.05) is 18.2 Å². The van der Waals surface area contributed by atoms with E-state index in [4.69, 9.17) is 0 Å². The summed E-state index contributed by atoms with van der Waals surface area (Å²) in [5.41, 5.74) is 0.0385. The molecule has 0 fully saturated rings. The van der Waals surface area contributed by atoms with Gasteiger partial charge in [-0.3, -0.25) is 0 Å². The molecule has 1 unspecified atom stereocenters. The van der Waals surface area contributed by atoms with E-state index >= 15 is 0 Å². The zero-order chi connectivity index (χ0) is 15.4. The smallest absolute Gasteiger partial charge is 0.405 e. The number of para-hydroxylation sites is 1. The summed E-state index contributed by atoms with van der Waals surface area (Å²) in [5.74, 6) is -0.499. The van der Waals surface area contributed by atoms with Crippen molar-refractivity contribution < 1.29 is 31.1 Å². The van der Waals surface area contributed by atoms with Crippen molar-refractivity contribution in [2.75, 3.05) is 7.05 Å². The summed E-state index contributed by atoms with van der Waals surface area (Å²) >= 11 is 0. The molecule has 0 saturated carbocycles. The van der Waals surface area contributed by atoms with Crippen molar-refractivity contribution in [2.24, 2.45) is 0 Å². The van der Waals surface area contributed by atoms with Crippen molar-refractivity contribution in [1.29, 1.82) is 0 Å². The van der Waals surface area contributed by atoms with Gasteiger partial charge < -0.3 is 10.1 Å². The van der Waals surface area contributed by atoms with Gasteiger partial charge in [0, 0.05) is 18.0 Å². The zero-order valence-electron chi connectivity index (χ0n) is 10.5. The summed E-state index contributed by atoms with van der Waals surface area (Å²) < 4.78 is 77.2. The van der Waals surface area contributed by atoms with E-state index in [0.29, 0.717) is 0 Å². The summed E-state index contributed by atoms with van der Waals surface area (Å²) in [4.78, 5) is 0. The minimum atomic E-state index is -4.89. The van der Waals surface area contributed by atoms with Crippen LogP contribution in [0.2, 0.25) is 0 Å². The van der Waals surface area contributed by atoms with E-state index in [1.165, 1.54) is 25.2 Å². The maximum Gasteiger partial charge on any atom is 0.573 e. The molecule has 0 aromatic heterocycles. The first-order valence-electron chi connectivity index (χ1n) is 5.71. The van der Waals surface area contributed by atoms with Crippen LogP contribution in [0.4, 0.5) is 26.3 Å². The molecule has 20 heavy (non-hydrogen) atoms. The van der Waals surface area contributed by atoms with Gasteiger partial charge in [-0.15, -0.1) is 13.2 Å². The van der Waals surface area contributed by atoms with Gasteiger partial charge in [-0.25, -0.2) is 0 Å². The molecule has 0 aliphatic heterocycles. The Morgan fingerprint density at radius 3 is 2.20 bits per heavy atom. The lowest BCUT2D eigenvalue weighted by Crippen LogP contribution is -2.23. The normalized spacial score (nSPS) is 14.2. The number of alkyl halides is 6. The van der Waals surface area contributed by atoms with Gasteiger partial charge in [0.15, 0.2) is 0 Å². The SMILES string of the molecule is CNC(CCC(F)(F)F)c1ccccc1OC(F)(F)F. The highest BCUT2D eigenvalue weighted by atomic mass is 19.4. The van der Waals surface area contributed by atoms with E-state index in [9.17, 15) is 26.3 Å². The Morgan fingerprint density at radius 1 is 1.10 bits per heavy atom. The molecule has 0 spiro atoms. The zero-order valence-corrected chi connectivity index (χ0v) is 10.5. The van der Waals surface area contributed by atoms with Crippen LogP contribution in [0, 0.1) is 0 Å². The van der Waals surface area contributed by atoms with E-state index in [2.05, 4.69) is 10.1 Å². The van der Waals surface area contributed by atoms with Crippen LogP contribution in [-0.4, -0.2) is 19.6 Å². The largest absolute Gasteiger partial charge is 0.573 e. The fourth-order valence-electron chi connectivity index (χ4n) is 1.75. The summed E-state index contributed by atoms with van der Waals surface area (Å²) in [6.07, 6.45) is -10.7. The molecule has 1 aromatic rings. The lowest BCUT2D eigenvalue weighted by molar-refractivity contribution is -0.275. The summed E-state index contributed by atoms with van der Waals surface area (Å²) in [6, 6.07) is 4.26. The van der Waals surface area contributed by atoms with Gasteiger partial charge in [0.05, 0.1) is 0 Å². The highest BCUT2D eigenvalue weighted by Crippen LogP contribution is 2.34. The summed E-state index contributed by atoms with van der Waals surface area (Å²) in [6.45, 7) is 0. The third-order valence-electron chi connectivity index (χ3n) is 2.59. The number of benzene rings is 1. The van der Waals surface area contributed by atoms with Gasteiger partial charge in [0.25, 0.3) is 0 Å². The molecule has 0 radical (unpaired) electrons. The van der Waals surface area contributed by atoms with Crippen LogP contribution in [0.3, 0.4) is 0 Å². The van der Waals surface area contributed by atoms with Crippen LogP contribution in [0.25, 0.3) is 0 Å². The van der Waals surface area contributed by atoms with E-state index in [1.807, 2.05) is 0 Å². The van der Waals surface area contributed by atoms with E-state index in [0.717, 1.165) is 6.07 Å².